The topological polar surface area (TPSA) is 126 Å². The molecule has 4 aromatic rings. The predicted octanol–water partition coefficient (Wildman–Crippen LogP) is 7.08. The fourth-order valence-electron chi connectivity index (χ4n) is 5.40. The Morgan fingerprint density at radius 1 is 0.857 bits per heavy atom. The van der Waals surface area contributed by atoms with Crippen molar-refractivity contribution in [2.45, 2.75) is 96.5 Å². The number of alkyl carbamates (subject to hydrolysis) is 1. The molecule has 4 amide bonds. The average Bonchev–Trinajstić information content (AvgIpc) is 3.80. The highest BCUT2D eigenvalue weighted by Gasteiger charge is 2.26. The van der Waals surface area contributed by atoms with Gasteiger partial charge in [0.05, 0.1) is 27.6 Å². The van der Waals surface area contributed by atoms with E-state index in [2.05, 4.69) is 39.8 Å². The van der Waals surface area contributed by atoms with Crippen molar-refractivity contribution >= 4 is 40.7 Å². The third-order valence-electron chi connectivity index (χ3n) is 8.01. The molecule has 0 spiro atoms. The van der Waals surface area contributed by atoms with Crippen molar-refractivity contribution < 1.29 is 19.1 Å². The first-order valence-corrected chi connectivity index (χ1v) is 18.6. The lowest BCUT2D eigenvalue weighted by Gasteiger charge is -2.27. The molecule has 0 fully saturated rings. The van der Waals surface area contributed by atoms with Gasteiger partial charge in [-0.15, -0.1) is 22.7 Å². The van der Waals surface area contributed by atoms with Crippen molar-refractivity contribution in [3.8, 4) is 0 Å². The normalized spacial score (nSPS) is 12.9. The van der Waals surface area contributed by atoms with Crippen molar-refractivity contribution in [1.29, 1.82) is 0 Å². The first-order chi connectivity index (χ1) is 23.7. The molecule has 12 heteroatoms. The maximum absolute atomic E-state index is 13.8. The Morgan fingerprint density at radius 2 is 1.49 bits per heavy atom. The summed E-state index contributed by atoms with van der Waals surface area (Å²) < 4.78 is 5.49. The van der Waals surface area contributed by atoms with Gasteiger partial charge in [-0.25, -0.2) is 14.6 Å². The number of ether oxygens (including phenoxy) is 1. The minimum atomic E-state index is -0.695. The van der Waals surface area contributed by atoms with Crippen LogP contribution in [0.4, 0.5) is 9.59 Å². The molecule has 1 unspecified atom stereocenters. The van der Waals surface area contributed by atoms with Gasteiger partial charge in [0.2, 0.25) is 5.91 Å². The Balaban J connectivity index is 1.42. The Kier molecular flexibility index (Phi) is 15.0. The summed E-state index contributed by atoms with van der Waals surface area (Å²) >= 11 is 3.02. The van der Waals surface area contributed by atoms with E-state index in [0.717, 1.165) is 33.1 Å². The van der Waals surface area contributed by atoms with Gasteiger partial charge >= 0.3 is 12.1 Å². The van der Waals surface area contributed by atoms with Crippen LogP contribution in [-0.4, -0.2) is 58.1 Å². The van der Waals surface area contributed by atoms with Crippen molar-refractivity contribution in [3.05, 3.63) is 104 Å². The van der Waals surface area contributed by atoms with Gasteiger partial charge < -0.3 is 25.6 Å². The minimum absolute atomic E-state index is 0.156. The second kappa shape index (κ2) is 19.6. The smallest absolute Gasteiger partial charge is 0.407 e. The number of carbonyl (C=O) groups excluding carboxylic acids is 3. The molecule has 3 atom stereocenters. The standard InChI is InChI=1S/C37H48N6O4S2/c1-5-12-33(42-36(45)43(4)22-31-24-48-35(40-31)26(2)3)34(44)39-29(19-27-13-8-6-9-14-27)17-18-30(20-28-15-10-7-11-16-28)41-37(46)47-23-32-21-38-25-49-32/h6-11,13-16,21,24-26,29-30,33H,5,12,17-20,22-23H2,1-4H3,(H,39,44)(H,41,46)(H,42,45)/t29?,30-,33-/m0/s1. The third-order valence-corrected chi connectivity index (χ3v) is 9.96. The molecule has 0 aliphatic rings. The number of carbonyl (C=O) groups is 3. The van der Waals surface area contributed by atoms with Gasteiger partial charge in [-0.1, -0.05) is 87.9 Å². The molecule has 0 radical (unpaired) electrons. The summed E-state index contributed by atoms with van der Waals surface area (Å²) in [6.07, 6.45) is 4.83. The SMILES string of the molecule is CCC[C@H](NC(=O)N(C)Cc1csc(C(C)C)n1)C(=O)NC(CC[C@@H](Cc1ccccc1)NC(=O)OCc1cncs1)Cc1ccccc1. The maximum Gasteiger partial charge on any atom is 0.407 e. The Hall–Kier alpha value is -4.29. The highest BCUT2D eigenvalue weighted by Crippen LogP contribution is 2.20. The lowest BCUT2D eigenvalue weighted by atomic mass is 9.95. The van der Waals surface area contributed by atoms with Crippen LogP contribution in [0.3, 0.4) is 0 Å². The number of urea groups is 1. The molecule has 10 nitrogen and oxygen atoms in total. The molecule has 49 heavy (non-hydrogen) atoms. The zero-order valence-corrected chi connectivity index (χ0v) is 30.4. The van der Waals surface area contributed by atoms with E-state index in [-0.39, 0.29) is 30.6 Å². The second-order valence-electron chi connectivity index (χ2n) is 12.5. The number of benzene rings is 2. The Morgan fingerprint density at radius 3 is 2.04 bits per heavy atom. The maximum atomic E-state index is 13.8. The molecule has 0 bridgehead atoms. The van der Waals surface area contributed by atoms with E-state index in [1.807, 2.05) is 73.0 Å². The molecule has 262 valence electrons. The molecule has 2 heterocycles. The number of thiazole rings is 2. The van der Waals surface area contributed by atoms with Gasteiger partial charge in [-0.05, 0) is 43.2 Å². The van der Waals surface area contributed by atoms with E-state index in [4.69, 9.17) is 4.74 Å². The third kappa shape index (κ3) is 12.9. The molecule has 2 aromatic carbocycles. The fraction of sp³-hybridized carbons (Fsp3) is 0.432. The molecular weight excluding hydrogens is 657 g/mol. The van der Waals surface area contributed by atoms with E-state index < -0.39 is 12.1 Å². The number of aromatic nitrogens is 2. The van der Waals surface area contributed by atoms with Crippen LogP contribution in [0.2, 0.25) is 0 Å². The van der Waals surface area contributed by atoms with E-state index >= 15 is 0 Å². The number of nitrogens with zero attached hydrogens (tertiary/aromatic N) is 3. The van der Waals surface area contributed by atoms with Gasteiger partial charge in [-0.3, -0.25) is 9.78 Å². The van der Waals surface area contributed by atoms with Crippen LogP contribution in [0.25, 0.3) is 0 Å². The highest BCUT2D eigenvalue weighted by atomic mass is 32.1. The molecule has 0 saturated carbocycles. The summed E-state index contributed by atoms with van der Waals surface area (Å²) in [5.74, 6) is 0.101. The van der Waals surface area contributed by atoms with Crippen molar-refractivity contribution in [2.24, 2.45) is 0 Å². The molecule has 4 rings (SSSR count). The largest absolute Gasteiger partial charge is 0.444 e. The van der Waals surface area contributed by atoms with E-state index in [9.17, 15) is 14.4 Å². The molecule has 3 N–H and O–H groups in total. The highest BCUT2D eigenvalue weighted by molar-refractivity contribution is 7.09. The van der Waals surface area contributed by atoms with Crippen LogP contribution in [0.1, 0.15) is 79.1 Å². The number of hydrogen-bond donors (Lipinski definition) is 3. The van der Waals surface area contributed by atoms with Crippen LogP contribution >= 0.6 is 22.7 Å². The Labute approximate surface area is 297 Å². The van der Waals surface area contributed by atoms with Gasteiger partial charge in [-0.2, -0.15) is 0 Å². The van der Waals surface area contributed by atoms with Gasteiger partial charge in [0.25, 0.3) is 0 Å². The van der Waals surface area contributed by atoms with E-state index in [0.29, 0.717) is 44.6 Å². The Bertz CT molecular complexity index is 1570. The molecule has 0 aliphatic heterocycles. The lowest BCUT2D eigenvalue weighted by molar-refractivity contribution is -0.123. The summed E-state index contributed by atoms with van der Waals surface area (Å²) in [6, 6.07) is 18.5. The quantitative estimate of drug-likeness (QED) is 0.102. The first-order valence-electron chi connectivity index (χ1n) is 16.8. The van der Waals surface area contributed by atoms with Crippen LogP contribution in [0.5, 0.6) is 0 Å². The summed E-state index contributed by atoms with van der Waals surface area (Å²) in [5, 5.41) is 12.3. The number of rotatable bonds is 18. The fourth-order valence-corrected chi connectivity index (χ4v) is 6.73. The second-order valence-corrected chi connectivity index (χ2v) is 14.4. The summed E-state index contributed by atoms with van der Waals surface area (Å²) in [5.41, 5.74) is 4.71. The molecule has 0 saturated heterocycles. The molecule has 2 aromatic heterocycles. The number of amides is 4. The first kappa shape index (κ1) is 37.5. The van der Waals surface area contributed by atoms with Crippen LogP contribution in [0.15, 0.2) is 77.8 Å². The van der Waals surface area contributed by atoms with Gasteiger partial charge in [0.15, 0.2) is 0 Å². The van der Waals surface area contributed by atoms with Crippen molar-refractivity contribution in [3.63, 3.8) is 0 Å². The van der Waals surface area contributed by atoms with Crippen LogP contribution in [-0.2, 0) is 35.5 Å². The predicted molar refractivity (Wildman–Crippen MR) is 196 cm³/mol. The van der Waals surface area contributed by atoms with E-state index in [1.165, 1.54) is 11.3 Å². The van der Waals surface area contributed by atoms with Crippen molar-refractivity contribution in [1.82, 2.24) is 30.8 Å². The minimum Gasteiger partial charge on any atom is -0.444 e. The summed E-state index contributed by atoms with van der Waals surface area (Å²) in [7, 11) is 1.71. The summed E-state index contributed by atoms with van der Waals surface area (Å²) in [4.78, 5) is 51.0. The molecule has 0 aliphatic carbocycles. The zero-order valence-electron chi connectivity index (χ0n) is 28.8. The average molecular weight is 705 g/mol. The zero-order chi connectivity index (χ0) is 35.0. The van der Waals surface area contributed by atoms with Crippen molar-refractivity contribution in [2.75, 3.05) is 7.05 Å². The van der Waals surface area contributed by atoms with E-state index in [1.54, 1.807) is 35.0 Å². The van der Waals surface area contributed by atoms with Gasteiger partial charge in [0, 0.05) is 36.6 Å². The molecular formula is C37H48N6O4S2. The summed E-state index contributed by atoms with van der Waals surface area (Å²) in [6.45, 7) is 6.70. The lowest BCUT2D eigenvalue weighted by Crippen LogP contribution is -2.52. The number of hydrogen-bond acceptors (Lipinski definition) is 8. The van der Waals surface area contributed by atoms with Crippen LogP contribution < -0.4 is 16.0 Å². The number of nitrogens with one attached hydrogen (secondary N) is 3. The monoisotopic (exact) mass is 704 g/mol. The van der Waals surface area contributed by atoms with Crippen LogP contribution in [0, 0.1) is 0 Å². The van der Waals surface area contributed by atoms with Gasteiger partial charge in [0.1, 0.15) is 12.6 Å².